The van der Waals surface area contributed by atoms with Crippen LogP contribution in [0.3, 0.4) is 0 Å². The largest absolute Gasteiger partial charge is 0.405 e. The van der Waals surface area contributed by atoms with Gasteiger partial charge in [-0.15, -0.1) is 0 Å². The van der Waals surface area contributed by atoms with E-state index in [-0.39, 0.29) is 47.6 Å². The number of ketones is 1. The number of Topliss-reactive ketones (excluding diaryl/α,β-unsaturated/α-hetero) is 1. The van der Waals surface area contributed by atoms with Gasteiger partial charge in [0, 0.05) is 17.8 Å². The fourth-order valence-electron chi connectivity index (χ4n) is 4.92. The van der Waals surface area contributed by atoms with Crippen LogP contribution in [0.4, 0.5) is 18.9 Å². The van der Waals surface area contributed by atoms with E-state index in [1.54, 1.807) is 0 Å². The molecule has 1 aliphatic carbocycles. The standard InChI is InChI=1S/C25H34F3N3O4/c1-3-21-18(20(32)14-35-21)13-29-23(34)19(12-24(2)10-4-5-11-24)31-22(33)16-6-8-17(9-7-16)30-15-25(26,27)28/h6-9,18-19,21,30H,3-5,10-15H2,1-2H3,(H,29,34)(H,31,33)/t18?,19-,21-/m0/s1. The smallest absolute Gasteiger partial charge is 0.376 e. The Kier molecular flexibility index (Phi) is 8.79. The van der Waals surface area contributed by atoms with E-state index in [4.69, 9.17) is 4.74 Å². The first kappa shape index (κ1) is 27.0. The Labute approximate surface area is 203 Å². The number of ether oxygens (including phenoxy) is 1. The third kappa shape index (κ3) is 7.68. The highest BCUT2D eigenvalue weighted by Crippen LogP contribution is 2.41. The highest BCUT2D eigenvalue weighted by atomic mass is 19.4. The summed E-state index contributed by atoms with van der Waals surface area (Å²) in [6, 6.07) is 4.82. The Hall–Kier alpha value is -2.62. The lowest BCUT2D eigenvalue weighted by Gasteiger charge is -2.29. The molecule has 7 nitrogen and oxygen atoms in total. The van der Waals surface area contributed by atoms with Gasteiger partial charge in [0.15, 0.2) is 5.78 Å². The third-order valence-electron chi connectivity index (χ3n) is 6.97. The van der Waals surface area contributed by atoms with Gasteiger partial charge in [0.25, 0.3) is 5.91 Å². The molecule has 2 amide bonds. The molecule has 1 aromatic rings. The molecule has 1 aromatic carbocycles. The van der Waals surface area contributed by atoms with E-state index in [9.17, 15) is 27.6 Å². The number of carbonyl (C=O) groups is 3. The summed E-state index contributed by atoms with van der Waals surface area (Å²) in [4.78, 5) is 38.2. The molecule has 10 heteroatoms. The van der Waals surface area contributed by atoms with Crippen molar-refractivity contribution in [3.8, 4) is 0 Å². The van der Waals surface area contributed by atoms with E-state index in [0.29, 0.717) is 12.8 Å². The molecule has 0 spiro atoms. The number of carbonyl (C=O) groups excluding carboxylic acids is 3. The van der Waals surface area contributed by atoms with Crippen molar-refractivity contribution in [1.29, 1.82) is 0 Å². The van der Waals surface area contributed by atoms with Crippen molar-refractivity contribution in [2.45, 2.75) is 70.7 Å². The molecule has 3 N–H and O–H groups in total. The number of benzene rings is 1. The summed E-state index contributed by atoms with van der Waals surface area (Å²) < 4.78 is 42.7. The van der Waals surface area contributed by atoms with Gasteiger partial charge < -0.3 is 20.7 Å². The Morgan fingerprint density at radius 1 is 1.17 bits per heavy atom. The molecule has 3 atom stereocenters. The number of hydrogen-bond donors (Lipinski definition) is 3. The SMILES string of the molecule is CC[C@@H]1OCC(=O)C1CNC(=O)[C@H](CC1(C)CCCC1)NC(=O)c1ccc(NCC(F)(F)F)cc1. The zero-order chi connectivity index (χ0) is 25.6. The molecule has 1 aliphatic heterocycles. The first-order valence-electron chi connectivity index (χ1n) is 12.1. The normalized spacial score (nSPS) is 22.6. The number of nitrogens with one attached hydrogen (secondary N) is 3. The second-order valence-corrected chi connectivity index (χ2v) is 9.87. The molecule has 2 aliphatic rings. The predicted molar refractivity (Wildman–Crippen MR) is 125 cm³/mol. The average Bonchev–Trinajstić information content (AvgIpc) is 3.40. The lowest BCUT2D eigenvalue weighted by Crippen LogP contribution is -2.50. The minimum absolute atomic E-state index is 0.0419. The lowest BCUT2D eigenvalue weighted by atomic mass is 9.81. The number of alkyl halides is 3. The lowest BCUT2D eigenvalue weighted by molar-refractivity contribution is -0.124. The zero-order valence-corrected chi connectivity index (χ0v) is 20.2. The maximum Gasteiger partial charge on any atom is 0.405 e. The van der Waals surface area contributed by atoms with Gasteiger partial charge in [0.2, 0.25) is 5.91 Å². The van der Waals surface area contributed by atoms with Crippen LogP contribution in [0.2, 0.25) is 0 Å². The first-order valence-corrected chi connectivity index (χ1v) is 12.1. The number of anilines is 1. The van der Waals surface area contributed by atoms with Gasteiger partial charge in [-0.1, -0.05) is 26.7 Å². The molecule has 35 heavy (non-hydrogen) atoms. The maximum atomic E-state index is 13.1. The van der Waals surface area contributed by atoms with E-state index in [1.165, 1.54) is 24.3 Å². The van der Waals surface area contributed by atoms with Crippen molar-refractivity contribution in [2.24, 2.45) is 11.3 Å². The highest BCUT2D eigenvalue weighted by Gasteiger charge is 2.37. The molecule has 194 valence electrons. The quantitative estimate of drug-likeness (QED) is 0.457. The molecular formula is C25H34F3N3O4. The summed E-state index contributed by atoms with van der Waals surface area (Å²) in [6.45, 7) is 3.05. The van der Waals surface area contributed by atoms with Crippen molar-refractivity contribution in [2.75, 3.05) is 25.0 Å². The molecule has 1 saturated carbocycles. The predicted octanol–water partition coefficient (Wildman–Crippen LogP) is 3.84. The first-order chi connectivity index (χ1) is 16.5. The molecule has 0 aromatic heterocycles. The summed E-state index contributed by atoms with van der Waals surface area (Å²) in [5, 5.41) is 7.90. The van der Waals surface area contributed by atoms with Crippen LogP contribution < -0.4 is 16.0 Å². The molecule has 1 unspecified atom stereocenters. The summed E-state index contributed by atoms with van der Waals surface area (Å²) in [5.74, 6) is -1.29. The van der Waals surface area contributed by atoms with E-state index >= 15 is 0 Å². The Bertz CT molecular complexity index is 898. The van der Waals surface area contributed by atoms with E-state index < -0.39 is 30.6 Å². The number of rotatable bonds is 10. The third-order valence-corrected chi connectivity index (χ3v) is 6.97. The van der Waals surface area contributed by atoms with E-state index in [0.717, 1.165) is 25.7 Å². The van der Waals surface area contributed by atoms with Crippen LogP contribution in [0, 0.1) is 11.3 Å². The zero-order valence-electron chi connectivity index (χ0n) is 20.2. The molecule has 2 fully saturated rings. The minimum atomic E-state index is -4.35. The van der Waals surface area contributed by atoms with Crippen molar-refractivity contribution in [1.82, 2.24) is 10.6 Å². The van der Waals surface area contributed by atoms with E-state index in [2.05, 4.69) is 22.9 Å². The van der Waals surface area contributed by atoms with Crippen molar-refractivity contribution in [3.05, 3.63) is 29.8 Å². The van der Waals surface area contributed by atoms with Gasteiger partial charge in [0.05, 0.1) is 12.0 Å². The Morgan fingerprint density at radius 2 is 1.83 bits per heavy atom. The number of hydrogen-bond acceptors (Lipinski definition) is 5. The molecular weight excluding hydrogens is 463 g/mol. The number of halogens is 3. The van der Waals surface area contributed by atoms with Crippen LogP contribution in [0.5, 0.6) is 0 Å². The Morgan fingerprint density at radius 3 is 2.43 bits per heavy atom. The van der Waals surface area contributed by atoms with Crippen molar-refractivity contribution < 1.29 is 32.3 Å². The topological polar surface area (TPSA) is 96.5 Å². The van der Waals surface area contributed by atoms with Crippen LogP contribution in [-0.2, 0) is 14.3 Å². The average molecular weight is 498 g/mol. The van der Waals surface area contributed by atoms with Gasteiger partial charge in [-0.25, -0.2) is 0 Å². The summed E-state index contributed by atoms with van der Waals surface area (Å²) in [7, 11) is 0. The second-order valence-electron chi connectivity index (χ2n) is 9.87. The highest BCUT2D eigenvalue weighted by molar-refractivity contribution is 5.98. The fourth-order valence-corrected chi connectivity index (χ4v) is 4.92. The van der Waals surface area contributed by atoms with Gasteiger partial charge >= 0.3 is 6.18 Å². The van der Waals surface area contributed by atoms with Gasteiger partial charge in [-0.3, -0.25) is 14.4 Å². The number of amides is 2. The van der Waals surface area contributed by atoms with E-state index in [1.807, 2.05) is 6.92 Å². The second kappa shape index (κ2) is 11.4. The molecule has 1 heterocycles. The summed E-state index contributed by atoms with van der Waals surface area (Å²) >= 11 is 0. The molecule has 0 bridgehead atoms. The Balaban J connectivity index is 1.65. The maximum absolute atomic E-state index is 13.1. The van der Waals surface area contributed by atoms with Crippen LogP contribution in [0.25, 0.3) is 0 Å². The van der Waals surface area contributed by atoms with Gasteiger partial charge in [0.1, 0.15) is 19.2 Å². The van der Waals surface area contributed by atoms with Crippen LogP contribution in [0.15, 0.2) is 24.3 Å². The van der Waals surface area contributed by atoms with Crippen molar-refractivity contribution in [3.63, 3.8) is 0 Å². The molecule has 0 radical (unpaired) electrons. The molecule has 1 saturated heterocycles. The minimum Gasteiger partial charge on any atom is -0.376 e. The summed E-state index contributed by atoms with van der Waals surface area (Å²) in [5.41, 5.74) is 0.390. The van der Waals surface area contributed by atoms with Gasteiger partial charge in [-0.2, -0.15) is 13.2 Å². The summed E-state index contributed by atoms with van der Waals surface area (Å²) in [6.07, 6.45) is 0.597. The van der Waals surface area contributed by atoms with Crippen LogP contribution in [0.1, 0.15) is 62.7 Å². The van der Waals surface area contributed by atoms with Crippen LogP contribution in [-0.4, -0.2) is 55.6 Å². The monoisotopic (exact) mass is 497 g/mol. The molecule has 3 rings (SSSR count). The van der Waals surface area contributed by atoms with Gasteiger partial charge in [-0.05, 0) is 55.4 Å². The fraction of sp³-hybridized carbons (Fsp3) is 0.640. The van der Waals surface area contributed by atoms with Crippen LogP contribution >= 0.6 is 0 Å². The van der Waals surface area contributed by atoms with Crippen molar-refractivity contribution >= 4 is 23.3 Å².